The Balaban J connectivity index is 1.14. The molecule has 0 amide bonds. The minimum atomic E-state index is -0.189. The van der Waals surface area contributed by atoms with Crippen molar-refractivity contribution in [2.75, 3.05) is 0 Å². The molecule has 0 saturated carbocycles. The molecule has 4 heterocycles. The van der Waals surface area contributed by atoms with Gasteiger partial charge in [0.15, 0.2) is 0 Å². The molecule has 0 spiro atoms. The van der Waals surface area contributed by atoms with Gasteiger partial charge in [-0.3, -0.25) is 0 Å². The summed E-state index contributed by atoms with van der Waals surface area (Å²) in [5.41, 5.74) is 8.07. The van der Waals surface area contributed by atoms with Crippen molar-refractivity contribution in [1.29, 1.82) is 0 Å². The predicted molar refractivity (Wildman–Crippen MR) is 230 cm³/mol. The molecule has 2 atom stereocenters. The summed E-state index contributed by atoms with van der Waals surface area (Å²) in [6.45, 7) is 8.99. The molecule has 1 aliphatic heterocycles. The van der Waals surface area contributed by atoms with E-state index in [1.54, 1.807) is 12.1 Å². The molecule has 3 aromatic heterocycles. The molecule has 0 saturated heterocycles. The minimum absolute atomic E-state index is 0.189. The second-order valence-electron chi connectivity index (χ2n) is 14.5. The number of rotatable bonds is 18. The largest absolute Gasteiger partial charge is 0.206 e. The maximum absolute atomic E-state index is 15.6. The molecule has 7 rings (SSSR count). The fraction of sp³-hybridized carbons (Fsp3) is 0.409. The molecular weight excluding hydrogens is 751 g/mol. The highest BCUT2D eigenvalue weighted by Crippen LogP contribution is 2.54. The van der Waals surface area contributed by atoms with Crippen LogP contribution in [0.2, 0.25) is 0 Å². The summed E-state index contributed by atoms with van der Waals surface area (Å²) >= 11 is 5.39. The number of halogens is 2. The summed E-state index contributed by atoms with van der Waals surface area (Å²) in [4.78, 5) is 3.61. The molecular formula is C44H48F2N4S4. The average Bonchev–Trinajstić information content (AvgIpc) is 4.02. The van der Waals surface area contributed by atoms with Crippen molar-refractivity contribution < 1.29 is 8.78 Å². The zero-order valence-electron chi connectivity index (χ0n) is 31.6. The van der Waals surface area contributed by atoms with Crippen LogP contribution in [-0.2, 0) is 24.2 Å². The monoisotopic (exact) mass is 798 g/mol. The third kappa shape index (κ3) is 8.37. The van der Waals surface area contributed by atoms with Crippen LogP contribution in [-0.4, -0.2) is 8.75 Å². The van der Waals surface area contributed by atoms with Gasteiger partial charge in [-0.25, -0.2) is 8.78 Å². The van der Waals surface area contributed by atoms with Crippen molar-refractivity contribution in [2.45, 2.75) is 105 Å². The first kappa shape index (κ1) is 38.8. The van der Waals surface area contributed by atoms with E-state index in [9.17, 15) is 0 Å². The topological polar surface area (TPSA) is 50.5 Å². The van der Waals surface area contributed by atoms with E-state index in [0.29, 0.717) is 23.0 Å². The van der Waals surface area contributed by atoms with Gasteiger partial charge in [-0.15, -0.1) is 22.7 Å². The summed E-state index contributed by atoms with van der Waals surface area (Å²) in [5, 5.41) is 0. The van der Waals surface area contributed by atoms with Gasteiger partial charge in [-0.2, -0.15) is 17.5 Å². The quantitative estimate of drug-likeness (QED) is 0.0868. The number of nitrogens with zero attached hydrogens (tertiary/aromatic N) is 4. The molecule has 2 unspecified atom stereocenters. The Labute approximate surface area is 334 Å². The third-order valence-electron chi connectivity index (χ3n) is 11.0. The summed E-state index contributed by atoms with van der Waals surface area (Å²) in [5.74, 6) is 1.01. The molecule has 0 aliphatic carbocycles. The molecule has 282 valence electrons. The standard InChI is InChI=1S/C44H48F2N4S4/c1-5-9-11-27(7-3)13-15-29-17-19-31(33(45)25-29)35-21-23-37(51-35)39-41-43(49-53-47-41)40(44-42(39)48-54-50-44)38-24-22-36(52-38)32-20-18-30(26-34(32)46)16-14-28(8-4)12-10-6-2/h17-28H,5-16H2,1-4H3. The summed E-state index contributed by atoms with van der Waals surface area (Å²) in [6, 6.07) is 19.5. The first-order valence-electron chi connectivity index (χ1n) is 19.6. The molecule has 54 heavy (non-hydrogen) atoms. The molecule has 6 aromatic rings. The minimum Gasteiger partial charge on any atom is -0.206 e. The van der Waals surface area contributed by atoms with Crippen LogP contribution in [0, 0.1) is 23.5 Å². The van der Waals surface area contributed by atoms with Gasteiger partial charge in [0.05, 0.1) is 23.1 Å². The van der Waals surface area contributed by atoms with Crippen LogP contribution >= 0.6 is 34.4 Å². The normalized spacial score (nSPS) is 13.4. The maximum atomic E-state index is 15.6. The van der Waals surface area contributed by atoms with Crippen LogP contribution in [0.1, 0.15) is 103 Å². The van der Waals surface area contributed by atoms with Gasteiger partial charge in [-0.05, 0) is 85.0 Å². The van der Waals surface area contributed by atoms with Crippen molar-refractivity contribution in [1.82, 2.24) is 8.75 Å². The number of benzene rings is 3. The molecule has 1 aliphatic rings. The highest BCUT2D eigenvalue weighted by atomic mass is 32.1. The second kappa shape index (κ2) is 18.0. The van der Waals surface area contributed by atoms with Gasteiger partial charge in [0.25, 0.3) is 0 Å². The molecule has 0 bridgehead atoms. The van der Waals surface area contributed by atoms with E-state index in [-0.39, 0.29) is 11.6 Å². The Morgan fingerprint density at radius 3 is 1.41 bits per heavy atom. The van der Waals surface area contributed by atoms with Crippen LogP contribution in [0.5, 0.6) is 0 Å². The Hall–Kier alpha value is -3.44. The number of aromatic nitrogens is 2. The Morgan fingerprint density at radius 2 is 1.00 bits per heavy atom. The van der Waals surface area contributed by atoms with E-state index in [2.05, 4.69) is 39.8 Å². The maximum Gasteiger partial charge on any atom is 0.132 e. The number of aryl methyl sites for hydroxylation is 2. The molecule has 0 N–H and O–H groups in total. The first-order valence-corrected chi connectivity index (χ1v) is 22.7. The number of hydrogen-bond acceptors (Lipinski definition) is 7. The van der Waals surface area contributed by atoms with Gasteiger partial charge in [0.2, 0.25) is 0 Å². The molecule has 0 radical (unpaired) electrons. The van der Waals surface area contributed by atoms with Crippen molar-refractivity contribution in [3.8, 4) is 41.8 Å². The lowest BCUT2D eigenvalue weighted by Crippen LogP contribution is -2.01. The molecule has 0 fully saturated rings. The van der Waals surface area contributed by atoms with Gasteiger partial charge < -0.3 is 0 Å². The van der Waals surface area contributed by atoms with E-state index in [1.807, 2.05) is 36.4 Å². The third-order valence-corrected chi connectivity index (χ3v) is 14.3. The van der Waals surface area contributed by atoms with Crippen molar-refractivity contribution in [2.24, 2.45) is 20.6 Å². The fourth-order valence-electron chi connectivity index (χ4n) is 7.62. The Kier molecular flexibility index (Phi) is 12.9. The first-order chi connectivity index (χ1) is 26.4. The zero-order valence-corrected chi connectivity index (χ0v) is 34.9. The van der Waals surface area contributed by atoms with E-state index in [0.717, 1.165) is 113 Å². The Morgan fingerprint density at radius 1 is 0.556 bits per heavy atom. The highest BCUT2D eigenvalue weighted by Gasteiger charge is 2.28. The fourth-order valence-corrected chi connectivity index (χ4v) is 10.9. The van der Waals surface area contributed by atoms with Gasteiger partial charge in [0, 0.05) is 41.8 Å². The van der Waals surface area contributed by atoms with Crippen LogP contribution in [0.25, 0.3) is 52.8 Å². The molecule has 3 aromatic carbocycles. The van der Waals surface area contributed by atoms with Crippen molar-refractivity contribution in [3.05, 3.63) is 83.4 Å². The lowest BCUT2D eigenvalue weighted by molar-refractivity contribution is 0.421. The molecule has 4 nitrogen and oxygen atoms in total. The summed E-state index contributed by atoms with van der Waals surface area (Å²) in [7, 11) is 0. The van der Waals surface area contributed by atoms with E-state index < -0.39 is 0 Å². The average molecular weight is 799 g/mol. The van der Waals surface area contributed by atoms with Crippen LogP contribution in [0.15, 0.2) is 69.4 Å². The van der Waals surface area contributed by atoms with E-state index >= 15 is 8.78 Å². The van der Waals surface area contributed by atoms with Gasteiger partial charge >= 0.3 is 0 Å². The molecule has 10 heteroatoms. The van der Waals surface area contributed by atoms with Gasteiger partial charge in [0.1, 0.15) is 34.0 Å². The zero-order chi connectivity index (χ0) is 37.6. The number of fused-ring (bicyclic) bond motifs is 2. The van der Waals surface area contributed by atoms with E-state index in [1.165, 1.54) is 74.0 Å². The van der Waals surface area contributed by atoms with Crippen LogP contribution in [0.4, 0.5) is 20.2 Å². The summed E-state index contributed by atoms with van der Waals surface area (Å²) in [6.07, 6.45) is 13.8. The van der Waals surface area contributed by atoms with Crippen LogP contribution < -0.4 is 0 Å². The predicted octanol–water partition coefficient (Wildman–Crippen LogP) is 15.8. The highest BCUT2D eigenvalue weighted by molar-refractivity contribution is 7.58. The lowest BCUT2D eigenvalue weighted by Gasteiger charge is -2.14. The lowest BCUT2D eigenvalue weighted by atomic mass is 9.92. The number of hydrogen-bond donors (Lipinski definition) is 0. The number of thiophene rings is 2. The Bertz CT molecular complexity index is 2140. The van der Waals surface area contributed by atoms with E-state index in [4.69, 9.17) is 17.5 Å². The SMILES string of the molecule is CCCCC(CC)CCc1ccc(-c2ccc(-c3c4c(c(-c5ccc(-c6ccc(CCC(CC)CCCC)cc6F)s5)c5nsnc35)N=S=N4)s2)c(F)c1. The number of unbranched alkanes of at least 4 members (excludes halogenated alkanes) is 2. The van der Waals surface area contributed by atoms with Crippen molar-refractivity contribution >= 4 is 68.2 Å². The second-order valence-corrected chi connectivity index (χ2v) is 17.8. The van der Waals surface area contributed by atoms with Gasteiger partial charge in [-0.1, -0.05) is 103 Å². The van der Waals surface area contributed by atoms with Crippen LogP contribution in [0.3, 0.4) is 0 Å². The smallest absolute Gasteiger partial charge is 0.132 e. The summed E-state index contributed by atoms with van der Waals surface area (Å²) < 4.78 is 50.3. The van der Waals surface area contributed by atoms with Crippen molar-refractivity contribution in [3.63, 3.8) is 0 Å².